The van der Waals surface area contributed by atoms with Gasteiger partial charge in [-0.3, -0.25) is 14.6 Å². The summed E-state index contributed by atoms with van der Waals surface area (Å²) in [7, 11) is 5.26. The number of amides is 1. The number of likely N-dealkylation sites (tertiary alicyclic amines) is 1. The van der Waals surface area contributed by atoms with Gasteiger partial charge >= 0.3 is 0 Å². The van der Waals surface area contributed by atoms with Crippen molar-refractivity contribution in [2.45, 2.75) is 6.04 Å². The van der Waals surface area contributed by atoms with E-state index in [1.54, 1.807) is 36.7 Å². The van der Waals surface area contributed by atoms with Crippen LogP contribution in [0.3, 0.4) is 0 Å². The van der Waals surface area contributed by atoms with Crippen molar-refractivity contribution in [1.29, 1.82) is 0 Å². The molecule has 0 aliphatic carbocycles. The van der Waals surface area contributed by atoms with E-state index < -0.39 is 17.7 Å². The second kappa shape index (κ2) is 8.63. The number of aromatic nitrogens is 1. The van der Waals surface area contributed by atoms with Gasteiger partial charge < -0.3 is 19.6 Å². The van der Waals surface area contributed by atoms with Crippen molar-refractivity contribution in [2.75, 3.05) is 34.3 Å². The Labute approximate surface area is 174 Å². The van der Waals surface area contributed by atoms with Crippen LogP contribution in [0.4, 0.5) is 0 Å². The lowest BCUT2D eigenvalue weighted by molar-refractivity contribution is -0.140. The van der Waals surface area contributed by atoms with Gasteiger partial charge in [-0.15, -0.1) is 0 Å². The summed E-state index contributed by atoms with van der Waals surface area (Å²) in [5.41, 5.74) is 1.06. The topological polar surface area (TPSA) is 83.0 Å². The first-order valence-corrected chi connectivity index (χ1v) is 9.40. The van der Waals surface area contributed by atoms with Gasteiger partial charge in [-0.25, -0.2) is 0 Å². The lowest BCUT2D eigenvalue weighted by Crippen LogP contribution is -2.35. The van der Waals surface area contributed by atoms with E-state index in [2.05, 4.69) is 4.98 Å². The molecule has 1 atom stereocenters. The van der Waals surface area contributed by atoms with Crippen LogP contribution in [0.5, 0.6) is 5.75 Å². The second-order valence-electron chi connectivity index (χ2n) is 6.93. The van der Waals surface area contributed by atoms with Gasteiger partial charge in [-0.1, -0.05) is 11.6 Å². The van der Waals surface area contributed by atoms with E-state index >= 15 is 0 Å². The Bertz CT molecular complexity index is 960. The number of carbonyl (C=O) groups is 2. The monoisotopic (exact) mass is 415 g/mol. The van der Waals surface area contributed by atoms with Crippen LogP contribution in [0, 0.1) is 0 Å². The average molecular weight is 416 g/mol. The highest BCUT2D eigenvalue weighted by Gasteiger charge is 2.45. The standard InChI is InChI=1S/C21H22ClN3O4/c1-24(2)10-11-25-18(13-6-8-23-9-7-13)17(20(27)21(25)28)19(26)14-4-5-16(29-3)15(22)12-14/h4-9,12,18,26H,10-11H2,1-3H3/b19-17+/t18-/m0/s1. The fourth-order valence-electron chi connectivity index (χ4n) is 3.28. The van der Waals surface area contributed by atoms with Crippen LogP contribution in [-0.2, 0) is 9.59 Å². The molecule has 8 heteroatoms. The van der Waals surface area contributed by atoms with Gasteiger partial charge in [0, 0.05) is 31.0 Å². The highest BCUT2D eigenvalue weighted by Crippen LogP contribution is 2.39. The molecule has 1 fully saturated rings. The van der Waals surface area contributed by atoms with Crippen molar-refractivity contribution in [3.63, 3.8) is 0 Å². The summed E-state index contributed by atoms with van der Waals surface area (Å²) in [4.78, 5) is 33.0. The molecule has 0 saturated carbocycles. The first-order chi connectivity index (χ1) is 13.8. The van der Waals surface area contributed by atoms with Gasteiger partial charge in [0.05, 0.1) is 23.7 Å². The molecule has 1 aromatic heterocycles. The summed E-state index contributed by atoms with van der Waals surface area (Å²) in [5.74, 6) is -1.20. The van der Waals surface area contributed by atoms with Gasteiger partial charge in [0.1, 0.15) is 11.5 Å². The highest BCUT2D eigenvalue weighted by atomic mass is 35.5. The lowest BCUT2D eigenvalue weighted by Gasteiger charge is -2.26. The number of ketones is 1. The molecule has 1 aliphatic heterocycles. The Morgan fingerprint density at radius 1 is 1.24 bits per heavy atom. The van der Waals surface area contributed by atoms with Crippen molar-refractivity contribution in [3.05, 3.63) is 64.4 Å². The number of hydrogen-bond donors (Lipinski definition) is 1. The molecule has 0 bridgehead atoms. The maximum atomic E-state index is 12.9. The van der Waals surface area contributed by atoms with Crippen molar-refractivity contribution < 1.29 is 19.4 Å². The normalized spacial score (nSPS) is 18.5. The number of methoxy groups -OCH3 is 1. The smallest absolute Gasteiger partial charge is 0.295 e. The van der Waals surface area contributed by atoms with Crippen molar-refractivity contribution in [3.8, 4) is 5.75 Å². The number of hydrogen-bond acceptors (Lipinski definition) is 6. The van der Waals surface area contributed by atoms with Crippen LogP contribution in [0.15, 0.2) is 48.3 Å². The zero-order chi connectivity index (χ0) is 21.1. The molecular formula is C21H22ClN3O4. The van der Waals surface area contributed by atoms with E-state index in [0.717, 1.165) is 0 Å². The fraction of sp³-hybridized carbons (Fsp3) is 0.286. The Morgan fingerprint density at radius 2 is 1.93 bits per heavy atom. The van der Waals surface area contributed by atoms with Gasteiger partial charge in [0.25, 0.3) is 11.7 Å². The predicted molar refractivity (Wildman–Crippen MR) is 110 cm³/mol. The third kappa shape index (κ3) is 4.11. The molecule has 0 unspecified atom stereocenters. The van der Waals surface area contributed by atoms with E-state index in [1.165, 1.54) is 18.1 Å². The average Bonchev–Trinajstić information content (AvgIpc) is 2.97. The van der Waals surface area contributed by atoms with E-state index in [9.17, 15) is 14.7 Å². The zero-order valence-corrected chi connectivity index (χ0v) is 17.2. The van der Waals surface area contributed by atoms with Crippen LogP contribution in [-0.4, -0.2) is 65.9 Å². The Hall–Kier alpha value is -2.90. The molecule has 0 spiro atoms. The number of aliphatic hydroxyl groups excluding tert-OH is 1. The molecule has 1 saturated heterocycles. The van der Waals surface area contributed by atoms with Gasteiger partial charge in [-0.05, 0) is 50.0 Å². The third-order valence-electron chi connectivity index (χ3n) is 4.78. The fourth-order valence-corrected chi connectivity index (χ4v) is 3.54. The van der Waals surface area contributed by atoms with E-state index in [-0.39, 0.29) is 11.3 Å². The van der Waals surface area contributed by atoms with Crippen molar-refractivity contribution in [2.24, 2.45) is 0 Å². The first-order valence-electron chi connectivity index (χ1n) is 9.02. The molecule has 2 heterocycles. The number of rotatable bonds is 6. The number of Topliss-reactive ketones (excluding diaryl/α,β-unsaturated/α-hetero) is 1. The Balaban J connectivity index is 2.13. The molecule has 29 heavy (non-hydrogen) atoms. The van der Waals surface area contributed by atoms with Crippen LogP contribution in [0.2, 0.25) is 5.02 Å². The molecule has 1 aliphatic rings. The quantitative estimate of drug-likeness (QED) is 0.443. The minimum Gasteiger partial charge on any atom is -0.507 e. The molecule has 0 radical (unpaired) electrons. The SMILES string of the molecule is COc1ccc(/C(O)=C2\C(=O)C(=O)N(CCN(C)C)[C@H]2c2ccncc2)cc1Cl. The van der Waals surface area contributed by atoms with Crippen LogP contribution >= 0.6 is 11.6 Å². The van der Waals surface area contributed by atoms with Crippen LogP contribution < -0.4 is 4.74 Å². The molecule has 1 aromatic carbocycles. The summed E-state index contributed by atoms with van der Waals surface area (Å²) in [6, 6.07) is 7.45. The lowest BCUT2D eigenvalue weighted by atomic mass is 9.96. The Morgan fingerprint density at radius 3 is 2.52 bits per heavy atom. The zero-order valence-electron chi connectivity index (χ0n) is 16.4. The molecule has 1 N–H and O–H groups in total. The van der Waals surface area contributed by atoms with Gasteiger partial charge in [-0.2, -0.15) is 0 Å². The van der Waals surface area contributed by atoms with E-state index in [0.29, 0.717) is 35.0 Å². The first kappa shape index (κ1) is 20.8. The molecule has 3 rings (SSSR count). The number of likely N-dealkylation sites (N-methyl/N-ethyl adjacent to an activating group) is 1. The maximum absolute atomic E-state index is 12.9. The van der Waals surface area contributed by atoms with E-state index in [1.807, 2.05) is 19.0 Å². The predicted octanol–water partition coefficient (Wildman–Crippen LogP) is 2.73. The van der Waals surface area contributed by atoms with Gasteiger partial charge in [0.2, 0.25) is 0 Å². The molecular weight excluding hydrogens is 394 g/mol. The number of nitrogens with zero attached hydrogens (tertiary/aromatic N) is 3. The van der Waals surface area contributed by atoms with Crippen molar-refractivity contribution in [1.82, 2.24) is 14.8 Å². The largest absolute Gasteiger partial charge is 0.507 e. The summed E-state index contributed by atoms with van der Waals surface area (Å²) in [6.45, 7) is 0.910. The summed E-state index contributed by atoms with van der Waals surface area (Å²) in [5, 5.41) is 11.3. The summed E-state index contributed by atoms with van der Waals surface area (Å²) in [6.07, 6.45) is 3.18. The molecule has 152 valence electrons. The number of pyridine rings is 1. The second-order valence-corrected chi connectivity index (χ2v) is 7.33. The molecule has 2 aromatic rings. The third-order valence-corrected chi connectivity index (χ3v) is 5.07. The minimum absolute atomic E-state index is 0.0289. The number of aliphatic hydroxyl groups is 1. The van der Waals surface area contributed by atoms with Gasteiger partial charge in [0.15, 0.2) is 0 Å². The van der Waals surface area contributed by atoms with E-state index in [4.69, 9.17) is 16.3 Å². The number of carbonyl (C=O) groups excluding carboxylic acids is 2. The summed E-state index contributed by atoms with van der Waals surface area (Å²) >= 11 is 6.18. The van der Waals surface area contributed by atoms with Crippen LogP contribution in [0.1, 0.15) is 17.2 Å². The molecule has 1 amide bonds. The number of benzene rings is 1. The maximum Gasteiger partial charge on any atom is 0.295 e. The molecule has 7 nitrogen and oxygen atoms in total. The summed E-state index contributed by atoms with van der Waals surface area (Å²) < 4.78 is 5.13. The van der Waals surface area contributed by atoms with Crippen LogP contribution in [0.25, 0.3) is 5.76 Å². The highest BCUT2D eigenvalue weighted by molar-refractivity contribution is 6.46. The number of halogens is 1. The Kier molecular flexibility index (Phi) is 6.20. The van der Waals surface area contributed by atoms with Crippen molar-refractivity contribution >= 4 is 29.1 Å². The number of ether oxygens (including phenoxy) is 1. The minimum atomic E-state index is -0.727.